The van der Waals surface area contributed by atoms with Crippen LogP contribution in [0.4, 0.5) is 0 Å². The van der Waals surface area contributed by atoms with Gasteiger partial charge in [0.1, 0.15) is 0 Å². The molecule has 0 radical (unpaired) electrons. The molecule has 1 aliphatic rings. The Labute approximate surface area is 118 Å². The molecule has 0 aromatic carbocycles. The minimum atomic E-state index is -0.121. The molecule has 0 spiro atoms. The van der Waals surface area contributed by atoms with Crippen LogP contribution in [0.1, 0.15) is 83.5 Å². The number of hydrogen-bond acceptors (Lipinski definition) is 2. The summed E-state index contributed by atoms with van der Waals surface area (Å²) >= 11 is 0. The zero-order valence-corrected chi connectivity index (χ0v) is 12.6. The van der Waals surface area contributed by atoms with E-state index in [1.807, 2.05) is 0 Å². The lowest BCUT2D eigenvalue weighted by molar-refractivity contribution is -0.136. The molecule has 0 saturated heterocycles. The molecule has 0 heterocycles. The van der Waals surface area contributed by atoms with Gasteiger partial charge >= 0.3 is 5.97 Å². The van der Waals surface area contributed by atoms with Crippen molar-refractivity contribution in [1.29, 1.82) is 0 Å². The Morgan fingerprint density at radius 1 is 0.842 bits per heavy atom. The van der Waals surface area contributed by atoms with Gasteiger partial charge in [-0.2, -0.15) is 0 Å². The Kier molecular flexibility index (Phi) is 9.48. The molecule has 0 amide bonds. The third kappa shape index (κ3) is 8.07. The van der Waals surface area contributed by atoms with E-state index >= 15 is 0 Å². The van der Waals surface area contributed by atoms with Crippen molar-refractivity contribution in [2.24, 2.45) is 0 Å². The van der Waals surface area contributed by atoms with Crippen molar-refractivity contribution in [3.63, 3.8) is 0 Å². The lowest BCUT2D eigenvalue weighted by atomic mass is 10.0. The number of carbonyl (C=O) groups excluding carboxylic acids is 1. The van der Waals surface area contributed by atoms with Gasteiger partial charge in [0.2, 0.25) is 0 Å². The zero-order chi connectivity index (χ0) is 13.8. The Morgan fingerprint density at radius 3 is 1.84 bits per heavy atom. The van der Waals surface area contributed by atoms with Gasteiger partial charge in [-0.05, 0) is 25.7 Å². The lowest BCUT2D eigenvalue weighted by Gasteiger charge is -2.06. The Balaban J connectivity index is 2.41. The highest BCUT2D eigenvalue weighted by molar-refractivity contribution is 5.88. The number of allylic oxidation sites excluding steroid dienone is 1. The van der Waals surface area contributed by atoms with Crippen LogP contribution in [0.25, 0.3) is 0 Å². The fraction of sp³-hybridized carbons (Fsp3) is 0.824. The second-order valence-corrected chi connectivity index (χ2v) is 5.65. The van der Waals surface area contributed by atoms with Crippen molar-refractivity contribution in [2.45, 2.75) is 83.5 Å². The van der Waals surface area contributed by atoms with Gasteiger partial charge in [0, 0.05) is 5.57 Å². The number of rotatable bonds is 1. The largest absolute Gasteiger partial charge is 0.466 e. The maximum absolute atomic E-state index is 11.7. The van der Waals surface area contributed by atoms with E-state index in [9.17, 15) is 4.79 Å². The van der Waals surface area contributed by atoms with Crippen molar-refractivity contribution in [1.82, 2.24) is 0 Å². The summed E-state index contributed by atoms with van der Waals surface area (Å²) in [4.78, 5) is 11.7. The van der Waals surface area contributed by atoms with Crippen LogP contribution < -0.4 is 0 Å². The highest BCUT2D eigenvalue weighted by atomic mass is 16.5. The van der Waals surface area contributed by atoms with Crippen LogP contribution in [-0.2, 0) is 9.53 Å². The Morgan fingerprint density at radius 2 is 1.32 bits per heavy atom. The van der Waals surface area contributed by atoms with Gasteiger partial charge in [-0.25, -0.2) is 4.79 Å². The van der Waals surface area contributed by atoms with Gasteiger partial charge in [-0.3, -0.25) is 0 Å². The molecule has 1 rings (SSSR count). The second-order valence-electron chi connectivity index (χ2n) is 5.65. The van der Waals surface area contributed by atoms with Gasteiger partial charge in [-0.1, -0.05) is 63.9 Å². The second kappa shape index (κ2) is 11.1. The number of ether oxygens (including phenoxy) is 1. The van der Waals surface area contributed by atoms with E-state index in [2.05, 4.69) is 6.08 Å². The third-order valence-corrected chi connectivity index (χ3v) is 3.99. The SMILES string of the molecule is COC(=O)/C1=C\CCCCCCCCCCCCC1. The van der Waals surface area contributed by atoms with E-state index in [0.717, 1.165) is 24.8 Å². The van der Waals surface area contributed by atoms with Gasteiger partial charge < -0.3 is 4.74 Å². The van der Waals surface area contributed by atoms with Crippen LogP contribution in [0.3, 0.4) is 0 Å². The molecule has 2 heteroatoms. The summed E-state index contributed by atoms with van der Waals surface area (Å²) in [5, 5.41) is 0. The van der Waals surface area contributed by atoms with Crippen molar-refractivity contribution in [2.75, 3.05) is 7.11 Å². The average Bonchev–Trinajstić information content (AvgIpc) is 2.44. The summed E-state index contributed by atoms with van der Waals surface area (Å²) < 4.78 is 4.87. The summed E-state index contributed by atoms with van der Waals surface area (Å²) in [5.41, 5.74) is 0.900. The highest BCUT2D eigenvalue weighted by Crippen LogP contribution is 2.17. The summed E-state index contributed by atoms with van der Waals surface area (Å²) in [6.45, 7) is 0. The van der Waals surface area contributed by atoms with E-state index < -0.39 is 0 Å². The standard InChI is InChI=1S/C17H30O2/c1-19-17(18)16-14-12-10-8-6-4-2-3-5-7-9-11-13-15-16/h14H,2-13,15H2,1H3/b16-14-. The van der Waals surface area contributed by atoms with E-state index in [4.69, 9.17) is 4.74 Å². The number of carbonyl (C=O) groups is 1. The summed E-state index contributed by atoms with van der Waals surface area (Å²) in [5.74, 6) is -0.121. The molecule has 0 atom stereocenters. The van der Waals surface area contributed by atoms with E-state index in [0.29, 0.717) is 0 Å². The predicted molar refractivity (Wildman–Crippen MR) is 80.1 cm³/mol. The van der Waals surface area contributed by atoms with Crippen molar-refractivity contribution < 1.29 is 9.53 Å². The van der Waals surface area contributed by atoms with Crippen LogP contribution in [0, 0.1) is 0 Å². The molecule has 0 bridgehead atoms. The van der Waals surface area contributed by atoms with E-state index in [-0.39, 0.29) is 5.97 Å². The molecule has 110 valence electrons. The molecule has 0 aliphatic heterocycles. The van der Waals surface area contributed by atoms with E-state index in [1.54, 1.807) is 0 Å². The number of methoxy groups -OCH3 is 1. The maximum atomic E-state index is 11.7. The van der Waals surface area contributed by atoms with Gasteiger partial charge in [-0.15, -0.1) is 0 Å². The molecular formula is C17H30O2. The monoisotopic (exact) mass is 266 g/mol. The molecule has 0 aromatic rings. The molecule has 0 fully saturated rings. The summed E-state index contributed by atoms with van der Waals surface area (Å²) in [6.07, 6.45) is 18.5. The maximum Gasteiger partial charge on any atom is 0.333 e. The minimum Gasteiger partial charge on any atom is -0.466 e. The Hall–Kier alpha value is -0.790. The van der Waals surface area contributed by atoms with Crippen molar-refractivity contribution >= 4 is 5.97 Å². The molecule has 2 nitrogen and oxygen atoms in total. The molecule has 0 saturated carbocycles. The fourth-order valence-corrected chi connectivity index (χ4v) is 2.75. The topological polar surface area (TPSA) is 26.3 Å². The quantitative estimate of drug-likeness (QED) is 0.612. The van der Waals surface area contributed by atoms with Crippen molar-refractivity contribution in [3.8, 4) is 0 Å². The molecule has 0 N–H and O–H groups in total. The predicted octanol–water partition coefficient (Wildman–Crippen LogP) is 5.17. The van der Waals surface area contributed by atoms with Gasteiger partial charge in [0.25, 0.3) is 0 Å². The van der Waals surface area contributed by atoms with Crippen LogP contribution in [0.5, 0.6) is 0 Å². The van der Waals surface area contributed by atoms with Crippen LogP contribution in [-0.4, -0.2) is 13.1 Å². The molecule has 0 aromatic heterocycles. The fourth-order valence-electron chi connectivity index (χ4n) is 2.75. The first-order valence-corrected chi connectivity index (χ1v) is 8.12. The first kappa shape index (κ1) is 16.3. The lowest BCUT2D eigenvalue weighted by Crippen LogP contribution is -2.05. The first-order chi connectivity index (χ1) is 9.34. The Bertz CT molecular complexity index is 268. The molecule has 0 unspecified atom stereocenters. The third-order valence-electron chi connectivity index (χ3n) is 3.99. The number of esters is 1. The highest BCUT2D eigenvalue weighted by Gasteiger charge is 2.08. The summed E-state index contributed by atoms with van der Waals surface area (Å²) in [7, 11) is 1.48. The molecule has 1 aliphatic carbocycles. The van der Waals surface area contributed by atoms with Gasteiger partial charge in [0.15, 0.2) is 0 Å². The van der Waals surface area contributed by atoms with E-state index in [1.165, 1.54) is 71.3 Å². The summed E-state index contributed by atoms with van der Waals surface area (Å²) in [6, 6.07) is 0. The normalized spacial score (nSPS) is 23.5. The molecular weight excluding hydrogens is 236 g/mol. The first-order valence-electron chi connectivity index (χ1n) is 8.12. The minimum absolute atomic E-state index is 0.121. The number of hydrogen-bond donors (Lipinski definition) is 0. The van der Waals surface area contributed by atoms with Gasteiger partial charge in [0.05, 0.1) is 7.11 Å². The molecule has 19 heavy (non-hydrogen) atoms. The van der Waals surface area contributed by atoms with Crippen LogP contribution >= 0.6 is 0 Å². The smallest absolute Gasteiger partial charge is 0.333 e. The zero-order valence-electron chi connectivity index (χ0n) is 12.6. The van der Waals surface area contributed by atoms with Crippen LogP contribution in [0.2, 0.25) is 0 Å². The average molecular weight is 266 g/mol. The van der Waals surface area contributed by atoms with Crippen LogP contribution in [0.15, 0.2) is 11.6 Å². The van der Waals surface area contributed by atoms with Crippen molar-refractivity contribution in [3.05, 3.63) is 11.6 Å².